The molecule has 1 aromatic carbocycles. The van der Waals surface area contributed by atoms with Gasteiger partial charge in [0.2, 0.25) is 5.91 Å². The van der Waals surface area contributed by atoms with Crippen LogP contribution in [0.15, 0.2) is 24.3 Å². The van der Waals surface area contributed by atoms with Crippen LogP contribution in [-0.2, 0) is 16.0 Å². The van der Waals surface area contributed by atoms with E-state index in [9.17, 15) is 19.8 Å². The molecule has 0 aromatic heterocycles. The van der Waals surface area contributed by atoms with Gasteiger partial charge in [-0.05, 0) is 30.5 Å². The summed E-state index contributed by atoms with van der Waals surface area (Å²) in [4.78, 5) is 23.1. The van der Waals surface area contributed by atoms with Crippen molar-refractivity contribution in [3.05, 3.63) is 29.8 Å². The van der Waals surface area contributed by atoms with E-state index in [2.05, 4.69) is 12.2 Å². The van der Waals surface area contributed by atoms with Gasteiger partial charge < -0.3 is 20.3 Å². The average molecular weight is 357 g/mol. The molecule has 2 N–H and O–H groups in total. The van der Waals surface area contributed by atoms with Crippen LogP contribution in [0.4, 0.5) is 0 Å². The SMILES string of the molecule is CCCCCCCCCC(=O)NC(Cc1ccc(O)cc1)C(=O)[O-].[Na+]. The van der Waals surface area contributed by atoms with Crippen LogP contribution in [0.25, 0.3) is 0 Å². The molecule has 0 radical (unpaired) electrons. The minimum atomic E-state index is -1.30. The van der Waals surface area contributed by atoms with Crippen molar-refractivity contribution in [1.82, 2.24) is 5.32 Å². The zero-order valence-electron chi connectivity index (χ0n) is 15.4. The largest absolute Gasteiger partial charge is 1.00 e. The summed E-state index contributed by atoms with van der Waals surface area (Å²) in [6.07, 6.45) is 8.27. The van der Waals surface area contributed by atoms with E-state index in [1.54, 1.807) is 12.1 Å². The number of aliphatic carboxylic acids is 1. The Balaban J connectivity index is 0.00000576. The van der Waals surface area contributed by atoms with Gasteiger partial charge in [0.1, 0.15) is 5.75 Å². The third-order valence-electron chi connectivity index (χ3n) is 4.00. The van der Waals surface area contributed by atoms with Crippen molar-refractivity contribution >= 4 is 11.9 Å². The van der Waals surface area contributed by atoms with Crippen molar-refractivity contribution in [3.63, 3.8) is 0 Å². The molecule has 0 heterocycles. The maximum Gasteiger partial charge on any atom is 1.00 e. The van der Waals surface area contributed by atoms with E-state index in [1.807, 2.05) is 0 Å². The summed E-state index contributed by atoms with van der Waals surface area (Å²) >= 11 is 0. The summed E-state index contributed by atoms with van der Waals surface area (Å²) in [7, 11) is 0. The monoisotopic (exact) mass is 357 g/mol. The van der Waals surface area contributed by atoms with E-state index in [4.69, 9.17) is 0 Å². The van der Waals surface area contributed by atoms with E-state index in [0.717, 1.165) is 24.8 Å². The van der Waals surface area contributed by atoms with Gasteiger partial charge in [0.15, 0.2) is 0 Å². The summed E-state index contributed by atoms with van der Waals surface area (Å²) in [5.74, 6) is -1.43. The van der Waals surface area contributed by atoms with Gasteiger partial charge in [-0.2, -0.15) is 0 Å². The minimum absolute atomic E-state index is 0. The quantitative estimate of drug-likeness (QED) is 0.383. The molecule has 25 heavy (non-hydrogen) atoms. The Bertz CT molecular complexity index is 505. The zero-order chi connectivity index (χ0) is 17.8. The number of unbranched alkanes of at least 4 members (excludes halogenated alkanes) is 6. The number of hydrogen-bond acceptors (Lipinski definition) is 4. The number of carboxylic acids is 1. The predicted molar refractivity (Wildman–Crippen MR) is 91.4 cm³/mol. The maximum absolute atomic E-state index is 11.9. The number of benzene rings is 1. The Morgan fingerprint density at radius 3 is 2.16 bits per heavy atom. The molecule has 1 atom stereocenters. The fourth-order valence-corrected chi connectivity index (χ4v) is 2.57. The van der Waals surface area contributed by atoms with Crippen LogP contribution in [0.3, 0.4) is 0 Å². The molecule has 0 aliphatic carbocycles. The molecule has 0 saturated carbocycles. The van der Waals surface area contributed by atoms with Crippen LogP contribution in [0, 0.1) is 0 Å². The molecular formula is C19H28NNaO4. The van der Waals surface area contributed by atoms with Crippen molar-refractivity contribution < 1.29 is 49.4 Å². The first kappa shape index (κ1) is 24.0. The van der Waals surface area contributed by atoms with Gasteiger partial charge >= 0.3 is 29.6 Å². The predicted octanol–water partition coefficient (Wildman–Crippen LogP) is -0.686. The molecule has 1 rings (SSSR count). The summed E-state index contributed by atoms with van der Waals surface area (Å²) in [5.41, 5.74) is 0.721. The van der Waals surface area contributed by atoms with E-state index in [-0.39, 0.29) is 47.6 Å². The summed E-state index contributed by atoms with van der Waals surface area (Å²) in [6.45, 7) is 2.18. The fourth-order valence-electron chi connectivity index (χ4n) is 2.57. The second-order valence-electron chi connectivity index (χ2n) is 6.18. The van der Waals surface area contributed by atoms with Crippen LogP contribution in [0.2, 0.25) is 0 Å². The number of carbonyl (C=O) groups is 2. The molecule has 134 valence electrons. The van der Waals surface area contributed by atoms with E-state index >= 15 is 0 Å². The van der Waals surface area contributed by atoms with Gasteiger partial charge in [-0.3, -0.25) is 4.79 Å². The Morgan fingerprint density at radius 2 is 1.60 bits per heavy atom. The molecule has 0 saturated heterocycles. The van der Waals surface area contributed by atoms with Crippen LogP contribution in [0.5, 0.6) is 5.75 Å². The molecule has 1 unspecified atom stereocenters. The number of hydrogen-bond donors (Lipinski definition) is 2. The fraction of sp³-hybridized carbons (Fsp3) is 0.579. The van der Waals surface area contributed by atoms with Gasteiger partial charge in [-0.1, -0.05) is 57.6 Å². The minimum Gasteiger partial charge on any atom is -0.548 e. The number of aromatic hydroxyl groups is 1. The molecule has 0 spiro atoms. The topological polar surface area (TPSA) is 89.5 Å². The van der Waals surface area contributed by atoms with Crippen LogP contribution in [0.1, 0.15) is 63.9 Å². The molecule has 0 fully saturated rings. The van der Waals surface area contributed by atoms with Crippen molar-refractivity contribution in [1.29, 1.82) is 0 Å². The van der Waals surface area contributed by atoms with E-state index < -0.39 is 12.0 Å². The van der Waals surface area contributed by atoms with Gasteiger partial charge in [0.25, 0.3) is 0 Å². The first-order valence-corrected chi connectivity index (χ1v) is 8.81. The van der Waals surface area contributed by atoms with Crippen molar-refractivity contribution in [2.75, 3.05) is 0 Å². The van der Waals surface area contributed by atoms with Crippen molar-refractivity contribution in [2.45, 2.75) is 70.8 Å². The average Bonchev–Trinajstić information content (AvgIpc) is 2.55. The normalized spacial score (nSPS) is 11.4. The van der Waals surface area contributed by atoms with Gasteiger partial charge in [0, 0.05) is 6.42 Å². The van der Waals surface area contributed by atoms with Crippen molar-refractivity contribution in [2.24, 2.45) is 0 Å². The molecule has 5 nitrogen and oxygen atoms in total. The molecule has 0 aliphatic heterocycles. The van der Waals surface area contributed by atoms with Crippen LogP contribution < -0.4 is 40.0 Å². The Morgan fingerprint density at radius 1 is 1.04 bits per heavy atom. The zero-order valence-corrected chi connectivity index (χ0v) is 17.4. The number of nitrogens with one attached hydrogen (secondary N) is 1. The molecule has 0 aliphatic rings. The number of carboxylic acid groups (broad SMARTS) is 1. The number of phenolic OH excluding ortho intramolecular Hbond substituents is 1. The Kier molecular flexibility index (Phi) is 13.6. The number of carbonyl (C=O) groups excluding carboxylic acids is 2. The van der Waals surface area contributed by atoms with E-state index in [1.165, 1.54) is 37.8 Å². The van der Waals surface area contributed by atoms with Crippen LogP contribution >= 0.6 is 0 Å². The third-order valence-corrected chi connectivity index (χ3v) is 4.00. The maximum atomic E-state index is 11.9. The number of phenols is 1. The molecule has 1 amide bonds. The molecule has 1 aromatic rings. The first-order chi connectivity index (χ1) is 11.5. The molecule has 6 heteroatoms. The first-order valence-electron chi connectivity index (χ1n) is 8.81. The van der Waals surface area contributed by atoms with Gasteiger partial charge in [-0.15, -0.1) is 0 Å². The summed E-state index contributed by atoms with van der Waals surface area (Å²) in [6, 6.07) is 5.19. The third kappa shape index (κ3) is 11.2. The van der Waals surface area contributed by atoms with Gasteiger partial charge in [0.05, 0.1) is 12.0 Å². The van der Waals surface area contributed by atoms with Crippen molar-refractivity contribution in [3.8, 4) is 5.75 Å². The molecular weight excluding hydrogens is 329 g/mol. The Hall–Kier alpha value is -1.04. The second kappa shape index (κ2) is 14.2. The Labute approximate surface area is 172 Å². The van der Waals surface area contributed by atoms with Crippen LogP contribution in [-0.4, -0.2) is 23.0 Å². The van der Waals surface area contributed by atoms with Gasteiger partial charge in [-0.25, -0.2) is 0 Å². The number of rotatable bonds is 12. The smallest absolute Gasteiger partial charge is 0.548 e. The number of amides is 1. The van der Waals surface area contributed by atoms with E-state index in [0.29, 0.717) is 6.42 Å². The molecule has 0 bridgehead atoms. The standard InChI is InChI=1S/C19H29NO4.Na/c1-2-3-4-5-6-7-8-9-18(22)20-17(19(23)24)14-15-10-12-16(21)13-11-15;/h10-13,17,21H,2-9,14H2,1H3,(H,20,22)(H,23,24);/q;+1/p-1. The summed E-state index contributed by atoms with van der Waals surface area (Å²) in [5, 5.41) is 23.0. The second-order valence-corrected chi connectivity index (χ2v) is 6.18. The summed E-state index contributed by atoms with van der Waals surface area (Å²) < 4.78 is 0.